The van der Waals surface area contributed by atoms with Crippen LogP contribution in [0.15, 0.2) is 18.2 Å². The van der Waals surface area contributed by atoms with Gasteiger partial charge in [-0.25, -0.2) is 0 Å². The van der Waals surface area contributed by atoms with Crippen LogP contribution in [-0.4, -0.2) is 34.2 Å². The lowest BCUT2D eigenvalue weighted by molar-refractivity contribution is -0.121. The van der Waals surface area contributed by atoms with Crippen LogP contribution < -0.4 is 21.7 Å². The maximum Gasteiger partial charge on any atom is 0.272 e. The molecule has 0 aliphatic carbocycles. The fourth-order valence-corrected chi connectivity index (χ4v) is 3.28. The number of aromatic nitrogens is 1. The summed E-state index contributed by atoms with van der Waals surface area (Å²) in [4.78, 5) is 38.5. The van der Waals surface area contributed by atoms with Crippen molar-refractivity contribution in [3.63, 3.8) is 0 Å². The number of nitrogens with zero attached hydrogens (tertiary/aromatic N) is 2. The third kappa shape index (κ3) is 4.86. The molecule has 0 atom stereocenters. The van der Waals surface area contributed by atoms with Crippen molar-refractivity contribution in [3.05, 3.63) is 39.9 Å². The zero-order valence-corrected chi connectivity index (χ0v) is 17.4. The summed E-state index contributed by atoms with van der Waals surface area (Å²) >= 11 is 0.784. The highest BCUT2D eigenvalue weighted by Crippen LogP contribution is 2.27. The van der Waals surface area contributed by atoms with Crippen LogP contribution in [0.1, 0.15) is 52.1 Å². The number of nitrogens with one attached hydrogen (secondary N) is 1. The van der Waals surface area contributed by atoms with Gasteiger partial charge in [0.2, 0.25) is 5.91 Å². The highest BCUT2D eigenvalue weighted by molar-refractivity contribution is 7.09. The fourth-order valence-electron chi connectivity index (χ4n) is 2.53. The quantitative estimate of drug-likeness (QED) is 0.703. The first-order valence-electron chi connectivity index (χ1n) is 8.66. The van der Waals surface area contributed by atoms with E-state index in [1.165, 1.54) is 4.90 Å². The number of primary amides is 1. The number of hydrogen-bond acceptors (Lipinski definition) is 6. The van der Waals surface area contributed by atoms with Gasteiger partial charge in [0.05, 0.1) is 5.69 Å². The van der Waals surface area contributed by atoms with Crippen LogP contribution in [0.25, 0.3) is 0 Å². The molecule has 5 N–H and O–H groups in total. The number of rotatable bonds is 5. The molecular weight excluding hydrogens is 378 g/mol. The molecular formula is C19H25N5O3S. The number of hydrogen-bond donors (Lipinski definition) is 3. The second kappa shape index (κ2) is 7.97. The Bertz CT molecular complexity index is 930. The largest absolute Gasteiger partial charge is 0.395 e. The number of amides is 3. The van der Waals surface area contributed by atoms with E-state index in [1.54, 1.807) is 6.07 Å². The molecule has 0 unspecified atom stereocenters. The SMILES string of the molecule is Cc1ccc(N(CC(=O)NC(C)(C)C)C(=O)c2snc(C(N)=O)c2N)cc1C. The molecule has 1 aromatic heterocycles. The van der Waals surface area contributed by atoms with Gasteiger partial charge in [-0.3, -0.25) is 19.3 Å². The maximum atomic E-state index is 13.2. The predicted octanol–water partition coefficient (Wildman–Crippen LogP) is 2.00. The van der Waals surface area contributed by atoms with E-state index in [4.69, 9.17) is 11.5 Å². The Hall–Kier alpha value is -2.94. The van der Waals surface area contributed by atoms with Gasteiger partial charge >= 0.3 is 0 Å². The molecule has 28 heavy (non-hydrogen) atoms. The normalized spacial score (nSPS) is 11.2. The summed E-state index contributed by atoms with van der Waals surface area (Å²) in [5.41, 5.74) is 13.1. The van der Waals surface area contributed by atoms with Crippen molar-refractivity contribution in [1.29, 1.82) is 0 Å². The summed E-state index contributed by atoms with van der Waals surface area (Å²) in [7, 11) is 0. The van der Waals surface area contributed by atoms with Crippen LogP contribution in [0.4, 0.5) is 11.4 Å². The lowest BCUT2D eigenvalue weighted by Crippen LogP contribution is -2.47. The molecule has 0 bridgehead atoms. The average Bonchev–Trinajstić information content (AvgIpc) is 2.95. The minimum atomic E-state index is -0.809. The first kappa shape index (κ1) is 21.4. The minimum Gasteiger partial charge on any atom is -0.395 e. The van der Waals surface area contributed by atoms with Crippen LogP contribution in [0, 0.1) is 13.8 Å². The smallest absolute Gasteiger partial charge is 0.272 e. The summed E-state index contributed by atoms with van der Waals surface area (Å²) < 4.78 is 3.88. The van der Waals surface area contributed by atoms with Crippen LogP contribution in [-0.2, 0) is 4.79 Å². The molecule has 0 spiro atoms. The van der Waals surface area contributed by atoms with Crippen molar-refractivity contribution in [2.75, 3.05) is 17.2 Å². The zero-order chi connectivity index (χ0) is 21.2. The van der Waals surface area contributed by atoms with Gasteiger partial charge in [0, 0.05) is 11.2 Å². The number of anilines is 2. The van der Waals surface area contributed by atoms with Crippen LogP contribution in [0.2, 0.25) is 0 Å². The number of carbonyl (C=O) groups excluding carboxylic acids is 3. The van der Waals surface area contributed by atoms with Crippen molar-refractivity contribution < 1.29 is 14.4 Å². The first-order chi connectivity index (χ1) is 12.9. The Morgan fingerprint density at radius 3 is 2.32 bits per heavy atom. The molecule has 0 radical (unpaired) electrons. The molecule has 0 saturated heterocycles. The summed E-state index contributed by atoms with van der Waals surface area (Å²) in [6.45, 7) is 9.23. The molecule has 1 aromatic carbocycles. The topological polar surface area (TPSA) is 131 Å². The van der Waals surface area contributed by atoms with Crippen LogP contribution >= 0.6 is 11.5 Å². The van der Waals surface area contributed by atoms with E-state index in [2.05, 4.69) is 9.69 Å². The molecule has 0 fully saturated rings. The Kier molecular flexibility index (Phi) is 6.08. The van der Waals surface area contributed by atoms with E-state index in [0.717, 1.165) is 22.7 Å². The maximum absolute atomic E-state index is 13.2. The van der Waals surface area contributed by atoms with E-state index in [1.807, 2.05) is 46.8 Å². The Labute approximate surface area is 168 Å². The highest BCUT2D eigenvalue weighted by Gasteiger charge is 2.28. The molecule has 2 rings (SSSR count). The third-order valence-electron chi connectivity index (χ3n) is 4.02. The van der Waals surface area contributed by atoms with Gasteiger partial charge in [0.1, 0.15) is 11.4 Å². The molecule has 0 saturated carbocycles. The molecule has 8 nitrogen and oxygen atoms in total. The second-order valence-electron chi connectivity index (χ2n) is 7.60. The molecule has 150 valence electrons. The number of carbonyl (C=O) groups is 3. The Morgan fingerprint density at radius 1 is 1.18 bits per heavy atom. The lowest BCUT2D eigenvalue weighted by atomic mass is 10.1. The number of aryl methyl sites for hydroxylation is 2. The minimum absolute atomic E-state index is 0.0654. The first-order valence-corrected chi connectivity index (χ1v) is 9.43. The second-order valence-corrected chi connectivity index (χ2v) is 8.37. The van der Waals surface area contributed by atoms with E-state index in [0.29, 0.717) is 5.69 Å². The van der Waals surface area contributed by atoms with E-state index >= 15 is 0 Å². The van der Waals surface area contributed by atoms with Crippen molar-refractivity contribution in [2.24, 2.45) is 5.73 Å². The van der Waals surface area contributed by atoms with Gasteiger partial charge in [-0.05, 0) is 69.4 Å². The van der Waals surface area contributed by atoms with Crippen molar-refractivity contribution in [3.8, 4) is 0 Å². The Morgan fingerprint density at radius 2 is 1.82 bits per heavy atom. The lowest BCUT2D eigenvalue weighted by Gasteiger charge is -2.26. The highest BCUT2D eigenvalue weighted by atomic mass is 32.1. The number of nitrogen functional groups attached to an aromatic ring is 1. The summed E-state index contributed by atoms with van der Waals surface area (Å²) in [6, 6.07) is 5.46. The molecule has 9 heteroatoms. The average molecular weight is 404 g/mol. The molecule has 0 aliphatic heterocycles. The van der Waals surface area contributed by atoms with Gasteiger partial charge in [-0.2, -0.15) is 4.37 Å². The molecule has 1 heterocycles. The van der Waals surface area contributed by atoms with Gasteiger partial charge in [0.15, 0.2) is 5.69 Å². The van der Waals surface area contributed by atoms with E-state index in [-0.39, 0.29) is 28.7 Å². The van der Waals surface area contributed by atoms with E-state index in [9.17, 15) is 14.4 Å². The van der Waals surface area contributed by atoms with Crippen LogP contribution in [0.3, 0.4) is 0 Å². The van der Waals surface area contributed by atoms with Crippen LogP contribution in [0.5, 0.6) is 0 Å². The third-order valence-corrected chi connectivity index (χ3v) is 4.87. The van der Waals surface area contributed by atoms with Gasteiger partial charge < -0.3 is 16.8 Å². The van der Waals surface area contributed by atoms with Crippen molar-refractivity contribution in [1.82, 2.24) is 9.69 Å². The number of nitrogens with two attached hydrogens (primary N) is 2. The van der Waals surface area contributed by atoms with E-state index < -0.39 is 17.4 Å². The molecule has 3 amide bonds. The van der Waals surface area contributed by atoms with Crippen molar-refractivity contribution >= 4 is 40.6 Å². The molecule has 2 aromatic rings. The summed E-state index contributed by atoms with van der Waals surface area (Å²) in [5.74, 6) is -1.65. The predicted molar refractivity (Wildman–Crippen MR) is 111 cm³/mol. The van der Waals surface area contributed by atoms with Gasteiger partial charge in [-0.1, -0.05) is 6.07 Å². The van der Waals surface area contributed by atoms with Gasteiger partial charge in [0.25, 0.3) is 11.8 Å². The standard InChI is InChI=1S/C19H25N5O3S/c1-10-6-7-12(8-11(10)2)24(9-13(25)22-19(3,4)5)18(27)16-14(20)15(17(21)26)23-28-16/h6-8H,9,20H2,1-5H3,(H2,21,26)(H,22,25). The molecule has 0 aliphatic rings. The Balaban J connectivity index is 2.45. The summed E-state index contributed by atoms with van der Waals surface area (Å²) in [6.07, 6.45) is 0. The van der Waals surface area contributed by atoms with Crippen molar-refractivity contribution in [2.45, 2.75) is 40.2 Å². The summed E-state index contributed by atoms with van der Waals surface area (Å²) in [5, 5.41) is 2.84. The number of benzene rings is 1. The monoisotopic (exact) mass is 403 g/mol. The zero-order valence-electron chi connectivity index (χ0n) is 16.6. The fraction of sp³-hybridized carbons (Fsp3) is 0.368. The van der Waals surface area contributed by atoms with Gasteiger partial charge in [-0.15, -0.1) is 0 Å².